The fraction of sp³-hybridized carbons (Fsp3) is 0.294. The summed E-state index contributed by atoms with van der Waals surface area (Å²) in [5, 5.41) is 7.68. The van der Waals surface area contributed by atoms with Crippen LogP contribution in [0.15, 0.2) is 52.9 Å². The van der Waals surface area contributed by atoms with Crippen LogP contribution in [0.2, 0.25) is 0 Å². The van der Waals surface area contributed by atoms with E-state index in [4.69, 9.17) is 5.73 Å². The Morgan fingerprint density at radius 3 is 2.70 bits per heavy atom. The molecule has 106 valence electrons. The molecule has 0 bridgehead atoms. The number of anilines is 1. The van der Waals surface area contributed by atoms with Crippen molar-refractivity contribution in [3.8, 4) is 11.1 Å². The monoisotopic (exact) mass is 286 g/mol. The van der Waals surface area contributed by atoms with Gasteiger partial charge in [0, 0.05) is 23.0 Å². The highest BCUT2D eigenvalue weighted by molar-refractivity contribution is 7.08. The van der Waals surface area contributed by atoms with Crippen LogP contribution in [-0.4, -0.2) is 5.54 Å². The largest absolute Gasteiger partial charge is 0.361 e. The molecule has 0 aliphatic carbocycles. The number of nitrogens with one attached hydrogen (secondary N) is 1. The Bertz CT molecular complexity index is 577. The standard InChI is InChI=1S/C17H22N2S/c1-13(10-17(2,3)18)11-19-16-7-5-4-6-15(16)14-8-9-20-12-14/h4-9,11-12,19H,10,18H2,1-3H3/b13-11+. The van der Waals surface area contributed by atoms with E-state index in [0.29, 0.717) is 0 Å². The van der Waals surface area contributed by atoms with Crippen LogP contribution in [0, 0.1) is 0 Å². The summed E-state index contributed by atoms with van der Waals surface area (Å²) in [7, 11) is 0. The van der Waals surface area contributed by atoms with Gasteiger partial charge < -0.3 is 11.1 Å². The molecule has 0 amide bonds. The second kappa shape index (κ2) is 6.25. The van der Waals surface area contributed by atoms with E-state index in [9.17, 15) is 0 Å². The molecule has 0 aliphatic heterocycles. The summed E-state index contributed by atoms with van der Waals surface area (Å²) in [6.07, 6.45) is 2.93. The third-order valence-electron chi connectivity index (χ3n) is 2.97. The second-order valence-electron chi connectivity index (χ2n) is 5.86. The van der Waals surface area contributed by atoms with Gasteiger partial charge in [0.2, 0.25) is 0 Å². The van der Waals surface area contributed by atoms with E-state index >= 15 is 0 Å². The van der Waals surface area contributed by atoms with Crippen molar-refractivity contribution in [2.24, 2.45) is 5.73 Å². The molecule has 2 aromatic rings. The first-order valence-corrected chi connectivity index (χ1v) is 7.73. The SMILES string of the molecule is C/C(=C\Nc1ccccc1-c1ccsc1)CC(C)(C)N. The molecular weight excluding hydrogens is 264 g/mol. The Morgan fingerprint density at radius 2 is 2.05 bits per heavy atom. The average Bonchev–Trinajstić information content (AvgIpc) is 2.88. The molecule has 0 unspecified atom stereocenters. The van der Waals surface area contributed by atoms with Crippen LogP contribution < -0.4 is 11.1 Å². The summed E-state index contributed by atoms with van der Waals surface area (Å²) < 4.78 is 0. The number of para-hydroxylation sites is 1. The van der Waals surface area contributed by atoms with Crippen molar-refractivity contribution in [1.82, 2.24) is 0 Å². The maximum Gasteiger partial charge on any atom is 0.0459 e. The van der Waals surface area contributed by atoms with E-state index in [1.54, 1.807) is 11.3 Å². The minimum Gasteiger partial charge on any atom is -0.361 e. The summed E-state index contributed by atoms with van der Waals surface area (Å²) in [6, 6.07) is 10.5. The van der Waals surface area contributed by atoms with Crippen LogP contribution in [0.3, 0.4) is 0 Å². The summed E-state index contributed by atoms with van der Waals surface area (Å²) >= 11 is 1.72. The summed E-state index contributed by atoms with van der Waals surface area (Å²) in [5.41, 5.74) is 10.7. The van der Waals surface area contributed by atoms with Crippen molar-refractivity contribution in [2.45, 2.75) is 32.7 Å². The molecule has 0 spiro atoms. The van der Waals surface area contributed by atoms with E-state index < -0.39 is 0 Å². The molecule has 3 N–H and O–H groups in total. The quantitative estimate of drug-likeness (QED) is 0.824. The molecule has 1 aromatic heterocycles. The predicted octanol–water partition coefficient (Wildman–Crippen LogP) is 4.86. The first-order valence-electron chi connectivity index (χ1n) is 6.78. The van der Waals surface area contributed by atoms with Gasteiger partial charge in [0.25, 0.3) is 0 Å². The van der Waals surface area contributed by atoms with Gasteiger partial charge in [-0.15, -0.1) is 0 Å². The second-order valence-corrected chi connectivity index (χ2v) is 6.64. The highest BCUT2D eigenvalue weighted by Gasteiger charge is 2.11. The van der Waals surface area contributed by atoms with E-state index in [-0.39, 0.29) is 5.54 Å². The smallest absolute Gasteiger partial charge is 0.0459 e. The van der Waals surface area contributed by atoms with Crippen LogP contribution in [-0.2, 0) is 0 Å². The molecule has 0 fully saturated rings. The zero-order valence-electron chi connectivity index (χ0n) is 12.3. The van der Waals surface area contributed by atoms with Crippen molar-refractivity contribution in [3.63, 3.8) is 0 Å². The fourth-order valence-corrected chi connectivity index (χ4v) is 2.90. The summed E-state index contributed by atoms with van der Waals surface area (Å²) in [5.74, 6) is 0. The maximum atomic E-state index is 6.05. The number of hydrogen-bond donors (Lipinski definition) is 2. The zero-order valence-corrected chi connectivity index (χ0v) is 13.1. The van der Waals surface area contributed by atoms with Crippen LogP contribution in [0.4, 0.5) is 5.69 Å². The van der Waals surface area contributed by atoms with Gasteiger partial charge in [0.1, 0.15) is 0 Å². The molecule has 0 saturated heterocycles. The van der Waals surface area contributed by atoms with Crippen LogP contribution in [0.1, 0.15) is 27.2 Å². The molecule has 2 rings (SSSR count). The number of nitrogens with two attached hydrogens (primary N) is 1. The lowest BCUT2D eigenvalue weighted by atomic mass is 9.97. The number of thiophene rings is 1. The Hall–Kier alpha value is -1.58. The zero-order chi connectivity index (χ0) is 14.6. The topological polar surface area (TPSA) is 38.0 Å². The van der Waals surface area contributed by atoms with E-state index in [1.807, 2.05) is 19.9 Å². The average molecular weight is 286 g/mol. The van der Waals surface area contributed by atoms with Crippen molar-refractivity contribution < 1.29 is 0 Å². The third-order valence-corrected chi connectivity index (χ3v) is 3.65. The summed E-state index contributed by atoms with van der Waals surface area (Å²) in [6.45, 7) is 6.20. The predicted molar refractivity (Wildman–Crippen MR) is 90.0 cm³/mol. The molecule has 0 radical (unpaired) electrons. The molecule has 3 heteroatoms. The van der Waals surface area contributed by atoms with Gasteiger partial charge in [0.15, 0.2) is 0 Å². The molecule has 0 saturated carbocycles. The maximum absolute atomic E-state index is 6.05. The first-order chi connectivity index (χ1) is 9.46. The fourth-order valence-electron chi connectivity index (χ4n) is 2.25. The Balaban J connectivity index is 2.17. The van der Waals surface area contributed by atoms with Gasteiger partial charge in [-0.1, -0.05) is 23.8 Å². The lowest BCUT2D eigenvalue weighted by Gasteiger charge is -2.19. The summed E-state index contributed by atoms with van der Waals surface area (Å²) in [4.78, 5) is 0. The van der Waals surface area contributed by atoms with Crippen LogP contribution in [0.5, 0.6) is 0 Å². The molecule has 1 heterocycles. The normalized spacial score (nSPS) is 12.5. The van der Waals surface area contributed by atoms with Crippen LogP contribution >= 0.6 is 11.3 Å². The number of hydrogen-bond acceptors (Lipinski definition) is 3. The van der Waals surface area contributed by atoms with Gasteiger partial charge in [-0.3, -0.25) is 0 Å². The molecule has 0 atom stereocenters. The molecule has 1 aromatic carbocycles. The van der Waals surface area contributed by atoms with Gasteiger partial charge >= 0.3 is 0 Å². The lowest BCUT2D eigenvalue weighted by Crippen LogP contribution is -2.31. The van der Waals surface area contributed by atoms with Gasteiger partial charge in [-0.2, -0.15) is 11.3 Å². The van der Waals surface area contributed by atoms with Crippen molar-refractivity contribution in [1.29, 1.82) is 0 Å². The van der Waals surface area contributed by atoms with Crippen molar-refractivity contribution in [2.75, 3.05) is 5.32 Å². The number of rotatable bonds is 5. The van der Waals surface area contributed by atoms with Crippen molar-refractivity contribution in [3.05, 3.63) is 52.9 Å². The van der Waals surface area contributed by atoms with Gasteiger partial charge in [0.05, 0.1) is 0 Å². The van der Waals surface area contributed by atoms with Crippen LogP contribution in [0.25, 0.3) is 11.1 Å². The minimum atomic E-state index is -0.171. The molecule has 0 aliphatic rings. The van der Waals surface area contributed by atoms with E-state index in [1.165, 1.54) is 16.7 Å². The van der Waals surface area contributed by atoms with Crippen molar-refractivity contribution >= 4 is 17.0 Å². The highest BCUT2D eigenvalue weighted by Crippen LogP contribution is 2.29. The highest BCUT2D eigenvalue weighted by atomic mass is 32.1. The molecule has 2 nitrogen and oxygen atoms in total. The minimum absolute atomic E-state index is 0.171. The van der Waals surface area contributed by atoms with E-state index in [0.717, 1.165) is 12.1 Å². The molecular formula is C17H22N2S. The first kappa shape index (κ1) is 14.8. The Kier molecular flexibility index (Phi) is 4.63. The van der Waals surface area contributed by atoms with E-state index in [2.05, 4.69) is 53.5 Å². The number of benzene rings is 1. The Morgan fingerprint density at radius 1 is 1.30 bits per heavy atom. The Labute approximate surface area is 125 Å². The lowest BCUT2D eigenvalue weighted by molar-refractivity contribution is 0.514. The third kappa shape index (κ3) is 4.22. The molecule has 20 heavy (non-hydrogen) atoms. The van der Waals surface area contributed by atoms with Gasteiger partial charge in [-0.05, 0) is 55.6 Å². The van der Waals surface area contributed by atoms with Gasteiger partial charge in [-0.25, -0.2) is 0 Å².